The monoisotopic (exact) mass is 421 g/mol. The average molecular weight is 422 g/mol. The van der Waals surface area contributed by atoms with Crippen molar-refractivity contribution >= 4 is 41.1 Å². The van der Waals surface area contributed by atoms with E-state index < -0.39 is 42.0 Å². The molecule has 1 aliphatic heterocycles. The number of hydrogen-bond donors (Lipinski definition) is 2. The fourth-order valence-electron chi connectivity index (χ4n) is 3.85. The fraction of sp³-hybridized carbons (Fsp3) is 0.500. The van der Waals surface area contributed by atoms with Crippen LogP contribution < -0.4 is 10.6 Å². The molecule has 1 saturated heterocycles. The van der Waals surface area contributed by atoms with Crippen LogP contribution in [-0.4, -0.2) is 46.9 Å². The molecule has 2 aliphatic rings. The van der Waals surface area contributed by atoms with E-state index in [-0.39, 0.29) is 5.92 Å². The van der Waals surface area contributed by atoms with Crippen molar-refractivity contribution in [2.24, 2.45) is 5.92 Å². The van der Waals surface area contributed by atoms with Crippen molar-refractivity contribution in [3.05, 3.63) is 29.3 Å². The van der Waals surface area contributed by atoms with Gasteiger partial charge in [-0.1, -0.05) is 43.5 Å². The summed E-state index contributed by atoms with van der Waals surface area (Å²) >= 11 is 6.00. The Kier molecular flexibility index (Phi) is 6.12. The van der Waals surface area contributed by atoms with Crippen LogP contribution in [-0.2, 0) is 19.1 Å². The molecule has 1 aliphatic carbocycles. The molecule has 1 spiro atoms. The highest BCUT2D eigenvalue weighted by Crippen LogP contribution is 2.38. The smallest absolute Gasteiger partial charge is 0.327 e. The molecule has 1 aromatic carbocycles. The summed E-state index contributed by atoms with van der Waals surface area (Å²) in [5.41, 5.74) is -0.549. The topological polar surface area (TPSA) is 105 Å². The number of rotatable bonds is 5. The highest BCUT2D eigenvalue weighted by Gasteiger charge is 2.55. The Balaban J connectivity index is 1.58. The van der Waals surface area contributed by atoms with Gasteiger partial charge in [-0.05, 0) is 37.8 Å². The summed E-state index contributed by atoms with van der Waals surface area (Å²) in [7, 11) is 0. The van der Waals surface area contributed by atoms with Crippen LogP contribution in [0.4, 0.5) is 10.5 Å². The van der Waals surface area contributed by atoms with Gasteiger partial charge in [0.15, 0.2) is 6.10 Å². The lowest BCUT2D eigenvalue weighted by Gasteiger charge is -2.36. The van der Waals surface area contributed by atoms with E-state index in [2.05, 4.69) is 10.6 Å². The molecule has 29 heavy (non-hydrogen) atoms. The number of carbonyl (C=O) groups is 4. The Hall–Kier alpha value is -2.61. The van der Waals surface area contributed by atoms with Crippen LogP contribution in [0, 0.1) is 5.92 Å². The van der Waals surface area contributed by atoms with E-state index in [1.165, 1.54) is 6.92 Å². The second-order valence-corrected chi connectivity index (χ2v) is 7.95. The number of anilines is 1. The fourth-order valence-corrected chi connectivity index (χ4v) is 4.04. The summed E-state index contributed by atoms with van der Waals surface area (Å²) in [5.74, 6) is -1.81. The third-order valence-corrected chi connectivity index (χ3v) is 5.93. The van der Waals surface area contributed by atoms with Crippen LogP contribution >= 0.6 is 11.6 Å². The maximum Gasteiger partial charge on any atom is 0.327 e. The number of amides is 4. The molecule has 4 amide bonds. The lowest BCUT2D eigenvalue weighted by molar-refractivity contribution is -0.155. The number of urea groups is 1. The first-order chi connectivity index (χ1) is 13.7. The average Bonchev–Trinajstić information content (AvgIpc) is 2.91. The van der Waals surface area contributed by atoms with Gasteiger partial charge in [-0.15, -0.1) is 0 Å². The quantitative estimate of drug-likeness (QED) is 0.561. The second kappa shape index (κ2) is 8.41. The Bertz CT molecular complexity index is 845. The van der Waals surface area contributed by atoms with E-state index >= 15 is 0 Å². The van der Waals surface area contributed by atoms with Crippen LogP contribution in [0.5, 0.6) is 0 Å². The van der Waals surface area contributed by atoms with Gasteiger partial charge in [0.1, 0.15) is 12.1 Å². The number of benzene rings is 1. The van der Waals surface area contributed by atoms with Crippen LogP contribution in [0.15, 0.2) is 24.3 Å². The van der Waals surface area contributed by atoms with E-state index in [4.69, 9.17) is 16.3 Å². The standard InChI is InChI=1S/C20H24ClN3O5/c1-12-7-5-6-10-20(12)18(27)24(19(28)23-20)11-16(25)29-13(2)17(26)22-15-9-4-3-8-14(15)21/h3-4,8-9,12-13H,5-7,10-11H2,1-2H3,(H,22,26)(H,23,28). The molecule has 3 rings (SSSR count). The minimum atomic E-state index is -1.12. The molecule has 3 atom stereocenters. The molecule has 1 heterocycles. The SMILES string of the molecule is CC(OC(=O)CN1C(=O)NC2(CCCCC2C)C1=O)C(=O)Nc1ccccc1Cl. The molecule has 1 aromatic rings. The van der Waals surface area contributed by atoms with Gasteiger partial charge in [-0.25, -0.2) is 4.79 Å². The van der Waals surface area contributed by atoms with Crippen molar-refractivity contribution in [2.75, 3.05) is 11.9 Å². The van der Waals surface area contributed by atoms with E-state index in [9.17, 15) is 19.2 Å². The molecule has 2 N–H and O–H groups in total. The van der Waals surface area contributed by atoms with Gasteiger partial charge in [0.25, 0.3) is 11.8 Å². The molecule has 0 aromatic heterocycles. The van der Waals surface area contributed by atoms with Crippen molar-refractivity contribution < 1.29 is 23.9 Å². The Labute approximate surface area is 173 Å². The summed E-state index contributed by atoms with van der Waals surface area (Å²) < 4.78 is 5.12. The first kappa shape index (κ1) is 21.1. The van der Waals surface area contributed by atoms with Gasteiger partial charge in [-0.2, -0.15) is 0 Å². The second-order valence-electron chi connectivity index (χ2n) is 7.54. The van der Waals surface area contributed by atoms with Crippen LogP contribution in [0.2, 0.25) is 5.02 Å². The number of nitrogens with one attached hydrogen (secondary N) is 2. The van der Waals surface area contributed by atoms with Crippen molar-refractivity contribution in [2.45, 2.75) is 51.2 Å². The predicted octanol–water partition coefficient (Wildman–Crippen LogP) is 2.71. The molecule has 3 unspecified atom stereocenters. The van der Waals surface area contributed by atoms with Crippen LogP contribution in [0.25, 0.3) is 0 Å². The lowest BCUT2D eigenvalue weighted by Crippen LogP contribution is -2.54. The normalized spacial score (nSPS) is 24.9. The Morgan fingerprint density at radius 2 is 2.07 bits per heavy atom. The molecular formula is C20H24ClN3O5. The minimum absolute atomic E-state index is 0.00552. The van der Waals surface area contributed by atoms with Gasteiger partial charge in [0.05, 0.1) is 10.7 Å². The van der Waals surface area contributed by atoms with Gasteiger partial charge >= 0.3 is 12.0 Å². The largest absolute Gasteiger partial charge is 0.451 e. The van der Waals surface area contributed by atoms with E-state index in [1.54, 1.807) is 24.3 Å². The van der Waals surface area contributed by atoms with E-state index in [1.807, 2.05) is 6.92 Å². The maximum absolute atomic E-state index is 12.9. The van der Waals surface area contributed by atoms with E-state index in [0.717, 1.165) is 24.2 Å². The number of ether oxygens (including phenoxy) is 1. The van der Waals surface area contributed by atoms with Crippen molar-refractivity contribution in [1.29, 1.82) is 0 Å². The summed E-state index contributed by atoms with van der Waals surface area (Å²) in [6, 6.07) is 6.06. The van der Waals surface area contributed by atoms with Gasteiger partial charge in [0.2, 0.25) is 0 Å². The third kappa shape index (κ3) is 4.22. The molecule has 0 radical (unpaired) electrons. The summed E-state index contributed by atoms with van der Waals surface area (Å²) in [4.78, 5) is 50.6. The third-order valence-electron chi connectivity index (χ3n) is 5.60. The predicted molar refractivity (Wildman–Crippen MR) is 106 cm³/mol. The molecular weight excluding hydrogens is 398 g/mol. The number of imide groups is 1. The number of nitrogens with zero attached hydrogens (tertiary/aromatic N) is 1. The molecule has 0 bridgehead atoms. The maximum atomic E-state index is 12.9. The first-order valence-electron chi connectivity index (χ1n) is 9.63. The number of halogens is 1. The van der Waals surface area contributed by atoms with Crippen molar-refractivity contribution in [1.82, 2.24) is 10.2 Å². The number of esters is 1. The lowest BCUT2D eigenvalue weighted by atomic mass is 9.73. The first-order valence-corrected chi connectivity index (χ1v) is 10.0. The van der Waals surface area contributed by atoms with Gasteiger partial charge in [0, 0.05) is 0 Å². The minimum Gasteiger partial charge on any atom is -0.451 e. The molecule has 8 nitrogen and oxygen atoms in total. The highest BCUT2D eigenvalue weighted by molar-refractivity contribution is 6.33. The summed E-state index contributed by atoms with van der Waals surface area (Å²) in [6.45, 7) is 2.80. The summed E-state index contributed by atoms with van der Waals surface area (Å²) in [5, 5.41) is 5.70. The van der Waals surface area contributed by atoms with Gasteiger partial charge < -0.3 is 15.4 Å². The Morgan fingerprint density at radius 1 is 1.34 bits per heavy atom. The van der Waals surface area contributed by atoms with Crippen molar-refractivity contribution in [3.8, 4) is 0 Å². The highest BCUT2D eigenvalue weighted by atomic mass is 35.5. The van der Waals surface area contributed by atoms with E-state index in [0.29, 0.717) is 17.1 Å². The van der Waals surface area contributed by atoms with Gasteiger partial charge in [-0.3, -0.25) is 19.3 Å². The molecule has 2 fully saturated rings. The van der Waals surface area contributed by atoms with Crippen molar-refractivity contribution in [3.63, 3.8) is 0 Å². The number of hydrogen-bond acceptors (Lipinski definition) is 5. The zero-order valence-electron chi connectivity index (χ0n) is 16.4. The zero-order valence-corrected chi connectivity index (χ0v) is 17.1. The van der Waals surface area contributed by atoms with Crippen LogP contribution in [0.3, 0.4) is 0 Å². The molecule has 1 saturated carbocycles. The molecule has 156 valence electrons. The Morgan fingerprint density at radius 3 is 2.76 bits per heavy atom. The van der Waals surface area contributed by atoms with Crippen LogP contribution in [0.1, 0.15) is 39.5 Å². The summed E-state index contributed by atoms with van der Waals surface area (Å²) in [6.07, 6.45) is 2.12. The zero-order chi connectivity index (χ0) is 21.2. The number of carbonyl (C=O) groups excluding carboxylic acids is 4. The number of para-hydroxylation sites is 1. The molecule has 9 heteroatoms.